The van der Waals surface area contributed by atoms with Gasteiger partial charge in [-0.15, -0.1) is 0 Å². The number of anilines is 2. The van der Waals surface area contributed by atoms with Gasteiger partial charge in [0.05, 0.1) is 38.3 Å². The number of nitrogens with zero attached hydrogens (tertiary/aromatic N) is 6. The number of rotatable bonds is 8. The summed E-state index contributed by atoms with van der Waals surface area (Å²) in [6, 6.07) is 5.82. The predicted molar refractivity (Wildman–Crippen MR) is 149 cm³/mol. The van der Waals surface area contributed by atoms with Crippen molar-refractivity contribution in [3.63, 3.8) is 0 Å². The van der Waals surface area contributed by atoms with Crippen LogP contribution in [0.4, 0.5) is 11.8 Å². The van der Waals surface area contributed by atoms with Gasteiger partial charge in [0.1, 0.15) is 17.0 Å². The Labute approximate surface area is 232 Å². The average molecular weight is 546 g/mol. The number of pyridine rings is 2. The van der Waals surface area contributed by atoms with Gasteiger partial charge in [0.2, 0.25) is 5.95 Å². The molecule has 0 aromatic carbocycles. The molecule has 1 aliphatic heterocycles. The lowest BCUT2D eigenvalue weighted by Crippen LogP contribution is -2.26. The smallest absolute Gasteiger partial charge is 0.211 e. The van der Waals surface area contributed by atoms with E-state index in [1.807, 2.05) is 11.6 Å². The number of aryl methyl sites for hydroxylation is 1. The molecule has 0 amide bonds. The molecule has 1 saturated carbocycles. The number of Topliss-reactive ketones (excluding diaryl/α,β-unsaturated/α-hetero) is 1. The second-order valence-corrected chi connectivity index (χ2v) is 11.9. The molecule has 2 fully saturated rings. The minimum absolute atomic E-state index is 0.0308. The fraction of sp³-hybridized carbons (Fsp3) is 0.483. The van der Waals surface area contributed by atoms with E-state index in [0.717, 1.165) is 18.1 Å². The van der Waals surface area contributed by atoms with Gasteiger partial charge in [-0.3, -0.25) is 14.5 Å². The summed E-state index contributed by atoms with van der Waals surface area (Å²) in [6.07, 6.45) is 5.81. The van der Waals surface area contributed by atoms with Crippen LogP contribution < -0.4 is 14.8 Å². The van der Waals surface area contributed by atoms with E-state index in [9.17, 15) is 4.79 Å². The number of methoxy groups -OCH3 is 1. The minimum Gasteiger partial charge on any atom is -0.491 e. The monoisotopic (exact) mass is 545 g/mol. The number of nitrogens with one attached hydrogen (secondary N) is 1. The Balaban J connectivity index is 1.33. The lowest BCUT2D eigenvalue weighted by Gasteiger charge is -2.25. The first-order chi connectivity index (χ1) is 19.1. The van der Waals surface area contributed by atoms with E-state index in [1.54, 1.807) is 31.6 Å². The van der Waals surface area contributed by atoms with Crippen LogP contribution in [0.3, 0.4) is 0 Å². The van der Waals surface area contributed by atoms with Gasteiger partial charge >= 0.3 is 0 Å². The van der Waals surface area contributed by atoms with Crippen LogP contribution in [0.1, 0.15) is 58.0 Å². The van der Waals surface area contributed by atoms with Crippen LogP contribution in [0.2, 0.25) is 0 Å². The van der Waals surface area contributed by atoms with Gasteiger partial charge in [-0.05, 0) is 25.8 Å². The Hall–Kier alpha value is -3.99. The maximum absolute atomic E-state index is 11.5. The zero-order chi connectivity index (χ0) is 28.2. The number of aromatic nitrogens is 6. The number of ether oxygens (including phenoxy) is 3. The van der Waals surface area contributed by atoms with Crippen LogP contribution in [0.5, 0.6) is 17.2 Å². The van der Waals surface area contributed by atoms with E-state index in [2.05, 4.69) is 46.8 Å². The number of hydrogen-bond donors (Lipinski definition) is 1. The van der Waals surface area contributed by atoms with Gasteiger partial charge in [-0.1, -0.05) is 20.8 Å². The van der Waals surface area contributed by atoms with Crippen molar-refractivity contribution in [3.8, 4) is 17.2 Å². The van der Waals surface area contributed by atoms with Gasteiger partial charge in [0.15, 0.2) is 23.0 Å². The Morgan fingerprint density at radius 2 is 2.05 bits per heavy atom. The van der Waals surface area contributed by atoms with E-state index in [4.69, 9.17) is 24.3 Å². The van der Waals surface area contributed by atoms with E-state index in [1.165, 1.54) is 19.8 Å². The standard InChI is InChI=1S/C29H35N7O4/c1-17(37)11-18-12-19(7-10-30-18)40-20-14-31-26-24(25(20)38-6)35(5)27(33-26)32-23-13-21(28(2,3)4)36(34-23)22-15-39-16-29(22)8-9-29/h7,10,12-14,22H,8-9,11,15-16H2,1-6H3,(H,31,32,33,34)/t22-/m1/s1. The number of hydrogen-bond acceptors (Lipinski definition) is 9. The van der Waals surface area contributed by atoms with Crippen LogP contribution in [-0.4, -0.2) is 55.4 Å². The molecular formula is C29H35N7O4. The highest BCUT2D eigenvalue weighted by atomic mass is 16.5. The molecule has 0 unspecified atom stereocenters. The topological polar surface area (TPSA) is 118 Å². The second-order valence-electron chi connectivity index (χ2n) is 11.9. The van der Waals surface area contributed by atoms with Gasteiger partial charge in [-0.2, -0.15) is 10.1 Å². The van der Waals surface area contributed by atoms with Crippen molar-refractivity contribution in [1.29, 1.82) is 0 Å². The number of carbonyl (C=O) groups is 1. The van der Waals surface area contributed by atoms with Crippen molar-refractivity contribution in [2.24, 2.45) is 12.5 Å². The first kappa shape index (κ1) is 26.2. The summed E-state index contributed by atoms with van der Waals surface area (Å²) in [5.41, 5.74) is 3.11. The summed E-state index contributed by atoms with van der Waals surface area (Å²) in [5.74, 6) is 2.80. The third kappa shape index (κ3) is 4.68. The van der Waals surface area contributed by atoms with Gasteiger partial charge in [0, 0.05) is 48.3 Å². The fourth-order valence-electron chi connectivity index (χ4n) is 5.49. The summed E-state index contributed by atoms with van der Waals surface area (Å²) in [5, 5.41) is 8.43. The zero-order valence-corrected chi connectivity index (χ0v) is 23.8. The molecule has 1 saturated heterocycles. The molecule has 210 valence electrons. The van der Waals surface area contributed by atoms with Crippen molar-refractivity contribution < 1.29 is 19.0 Å². The molecule has 1 aliphatic carbocycles. The van der Waals surface area contributed by atoms with Crippen molar-refractivity contribution in [2.75, 3.05) is 25.6 Å². The molecule has 6 rings (SSSR count). The minimum atomic E-state index is -0.0911. The van der Waals surface area contributed by atoms with Crippen LogP contribution in [0, 0.1) is 5.41 Å². The first-order valence-corrected chi connectivity index (χ1v) is 13.5. The fourth-order valence-corrected chi connectivity index (χ4v) is 5.49. The summed E-state index contributed by atoms with van der Waals surface area (Å²) in [6.45, 7) is 9.64. The third-order valence-corrected chi connectivity index (χ3v) is 7.77. The highest BCUT2D eigenvalue weighted by molar-refractivity contribution is 5.84. The maximum Gasteiger partial charge on any atom is 0.211 e. The Morgan fingerprint density at radius 1 is 1.25 bits per heavy atom. The zero-order valence-electron chi connectivity index (χ0n) is 23.8. The lowest BCUT2D eigenvalue weighted by atomic mass is 9.90. The first-order valence-electron chi connectivity index (χ1n) is 13.5. The summed E-state index contributed by atoms with van der Waals surface area (Å²) in [7, 11) is 3.48. The molecule has 5 heterocycles. The molecular weight excluding hydrogens is 510 g/mol. The summed E-state index contributed by atoms with van der Waals surface area (Å²) in [4.78, 5) is 25.1. The van der Waals surface area contributed by atoms with Crippen LogP contribution >= 0.6 is 0 Å². The maximum atomic E-state index is 11.5. The predicted octanol–water partition coefficient (Wildman–Crippen LogP) is 4.88. The highest BCUT2D eigenvalue weighted by Gasteiger charge is 2.55. The van der Waals surface area contributed by atoms with E-state index < -0.39 is 0 Å². The highest BCUT2D eigenvalue weighted by Crippen LogP contribution is 2.58. The Kier molecular flexibility index (Phi) is 6.29. The molecule has 11 heteroatoms. The van der Waals surface area contributed by atoms with Crippen LogP contribution in [0.15, 0.2) is 30.6 Å². The molecule has 0 radical (unpaired) electrons. The molecule has 2 aliphatic rings. The van der Waals surface area contributed by atoms with Crippen molar-refractivity contribution in [1.82, 2.24) is 29.3 Å². The molecule has 1 atom stereocenters. The van der Waals surface area contributed by atoms with Gasteiger partial charge in [0.25, 0.3) is 0 Å². The summed E-state index contributed by atoms with van der Waals surface area (Å²) < 4.78 is 21.9. The molecule has 1 spiro atoms. The Morgan fingerprint density at radius 3 is 2.75 bits per heavy atom. The van der Waals surface area contributed by atoms with Crippen molar-refractivity contribution >= 4 is 28.7 Å². The number of carbonyl (C=O) groups excluding carboxylic acids is 1. The van der Waals surface area contributed by atoms with Crippen molar-refractivity contribution in [3.05, 3.63) is 42.0 Å². The summed E-state index contributed by atoms with van der Waals surface area (Å²) >= 11 is 0. The van der Waals surface area contributed by atoms with E-state index in [-0.39, 0.29) is 29.1 Å². The number of fused-ring (bicyclic) bond motifs is 1. The second kappa shape index (κ2) is 9.58. The SMILES string of the molecule is COc1c(Oc2ccnc(CC(C)=O)c2)cnc2nc(Nc3cc(C(C)(C)C)n([C@@H]4COCC45CC5)n3)n(C)c12. The molecule has 1 N–H and O–H groups in total. The average Bonchev–Trinajstić information content (AvgIpc) is 3.20. The molecule has 11 nitrogen and oxygen atoms in total. The quantitative estimate of drug-likeness (QED) is 0.330. The van der Waals surface area contributed by atoms with Gasteiger partial charge in [-0.25, -0.2) is 4.98 Å². The molecule has 4 aromatic rings. The van der Waals surface area contributed by atoms with E-state index >= 15 is 0 Å². The number of ketones is 1. The number of imidazole rings is 1. The van der Waals surface area contributed by atoms with Crippen LogP contribution in [-0.2, 0) is 28.4 Å². The largest absolute Gasteiger partial charge is 0.491 e. The Bertz CT molecular complexity index is 1600. The van der Waals surface area contributed by atoms with Gasteiger partial charge < -0.3 is 24.1 Å². The van der Waals surface area contributed by atoms with E-state index in [0.29, 0.717) is 46.7 Å². The van der Waals surface area contributed by atoms with Crippen LogP contribution in [0.25, 0.3) is 11.2 Å². The lowest BCUT2D eigenvalue weighted by molar-refractivity contribution is -0.116. The molecule has 40 heavy (non-hydrogen) atoms. The van der Waals surface area contributed by atoms with Crippen molar-refractivity contribution in [2.45, 2.75) is 58.4 Å². The molecule has 0 bridgehead atoms. The molecule has 4 aromatic heterocycles. The third-order valence-electron chi connectivity index (χ3n) is 7.77. The normalized spacial score (nSPS) is 17.9.